The molecule has 0 fully saturated rings. The van der Waals surface area contributed by atoms with Crippen LogP contribution in [-0.4, -0.2) is 9.97 Å². The first kappa shape index (κ1) is 23.1. The Balaban J connectivity index is 1.33. The molecule has 0 radical (unpaired) electrons. The van der Waals surface area contributed by atoms with E-state index in [2.05, 4.69) is 146 Å². The first-order chi connectivity index (χ1) is 20.8. The second-order valence-corrected chi connectivity index (χ2v) is 11.0. The van der Waals surface area contributed by atoms with E-state index in [0.717, 1.165) is 44.3 Å². The third-order valence-corrected chi connectivity index (χ3v) is 8.56. The molecule has 0 saturated heterocycles. The van der Waals surface area contributed by atoms with Gasteiger partial charge in [-0.15, -0.1) is 0 Å². The molecule has 0 saturated carbocycles. The van der Waals surface area contributed by atoms with E-state index in [1.165, 1.54) is 43.1 Å². The first-order valence-electron chi connectivity index (χ1n) is 14.3. The molecule has 0 aliphatic heterocycles. The minimum Gasteiger partial charge on any atom is -0.248 e. The van der Waals surface area contributed by atoms with Gasteiger partial charge >= 0.3 is 0 Å². The number of hydrogen-bond donors (Lipinski definition) is 0. The Morgan fingerprint density at radius 2 is 0.619 bits per heavy atom. The van der Waals surface area contributed by atoms with Crippen molar-refractivity contribution in [1.82, 2.24) is 9.97 Å². The van der Waals surface area contributed by atoms with Gasteiger partial charge < -0.3 is 0 Å². The highest BCUT2D eigenvalue weighted by atomic mass is 14.7. The molecule has 0 bridgehead atoms. The van der Waals surface area contributed by atoms with E-state index in [1.54, 1.807) is 0 Å². The molecular weight excluding hydrogens is 508 g/mol. The zero-order valence-corrected chi connectivity index (χ0v) is 22.8. The molecule has 0 spiro atoms. The largest absolute Gasteiger partial charge is 0.248 e. The first-order valence-corrected chi connectivity index (χ1v) is 14.3. The van der Waals surface area contributed by atoms with E-state index in [1.807, 2.05) is 0 Å². The Bertz CT molecular complexity index is 2290. The zero-order valence-electron chi connectivity index (χ0n) is 22.8. The van der Waals surface area contributed by atoms with Crippen LogP contribution in [0.15, 0.2) is 146 Å². The Labute approximate surface area is 242 Å². The molecule has 7 aromatic carbocycles. The molecule has 2 heterocycles. The van der Waals surface area contributed by atoms with Crippen LogP contribution in [0, 0.1) is 0 Å². The van der Waals surface area contributed by atoms with Crippen molar-refractivity contribution in [3.63, 3.8) is 0 Å². The standard InChI is InChI=1S/C40H24N2/c1-3-11-27-23-37-29(21-25(27)9-1)17-19-35(41-37)39-31-13-5-7-15-33(31)40(34-16-8-6-14-32(34)39)36-20-18-30-22-26-10-2-4-12-28(26)24-38(30)42-36/h1-24H. The van der Waals surface area contributed by atoms with Gasteiger partial charge in [0.05, 0.1) is 22.4 Å². The lowest BCUT2D eigenvalue weighted by Crippen LogP contribution is -1.94. The van der Waals surface area contributed by atoms with Gasteiger partial charge in [-0.05, 0) is 79.5 Å². The maximum Gasteiger partial charge on any atom is 0.0722 e. The lowest BCUT2D eigenvalue weighted by molar-refractivity contribution is 1.41. The van der Waals surface area contributed by atoms with E-state index in [0.29, 0.717) is 0 Å². The summed E-state index contributed by atoms with van der Waals surface area (Å²) in [5.41, 5.74) is 6.29. The molecular formula is C40H24N2. The molecule has 2 heteroatoms. The molecule has 0 atom stereocenters. The number of aromatic nitrogens is 2. The number of fused-ring (bicyclic) bond motifs is 6. The molecule has 2 nitrogen and oxygen atoms in total. The van der Waals surface area contributed by atoms with Gasteiger partial charge in [-0.3, -0.25) is 0 Å². The van der Waals surface area contributed by atoms with Gasteiger partial charge in [0.25, 0.3) is 0 Å². The van der Waals surface area contributed by atoms with Crippen molar-refractivity contribution < 1.29 is 0 Å². The Hall–Kier alpha value is -5.60. The van der Waals surface area contributed by atoms with Gasteiger partial charge in [0.1, 0.15) is 0 Å². The molecule has 194 valence electrons. The minimum absolute atomic E-state index is 0.981. The third-order valence-electron chi connectivity index (χ3n) is 8.56. The lowest BCUT2D eigenvalue weighted by Gasteiger charge is -2.17. The lowest BCUT2D eigenvalue weighted by atomic mass is 9.88. The molecule has 0 aliphatic rings. The Morgan fingerprint density at radius 1 is 0.286 bits per heavy atom. The summed E-state index contributed by atoms with van der Waals surface area (Å²) >= 11 is 0. The van der Waals surface area contributed by atoms with E-state index in [9.17, 15) is 0 Å². The van der Waals surface area contributed by atoms with Crippen LogP contribution in [0.5, 0.6) is 0 Å². The molecule has 0 amide bonds. The molecule has 9 rings (SSSR count). The molecule has 2 aromatic heterocycles. The predicted molar refractivity (Wildman–Crippen MR) is 178 cm³/mol. The van der Waals surface area contributed by atoms with Crippen LogP contribution < -0.4 is 0 Å². The van der Waals surface area contributed by atoms with Gasteiger partial charge in [0.15, 0.2) is 0 Å². The highest BCUT2D eigenvalue weighted by Gasteiger charge is 2.18. The summed E-state index contributed by atoms with van der Waals surface area (Å²) in [4.78, 5) is 10.5. The molecule has 0 N–H and O–H groups in total. The number of hydrogen-bond acceptors (Lipinski definition) is 2. The SMILES string of the molecule is c1ccc2cc3nc(-c4c5ccccc5c(-c5ccc6cc7ccccc7cc6n5)c5ccccc45)ccc3cc2c1. The Morgan fingerprint density at radius 3 is 1.00 bits per heavy atom. The molecule has 42 heavy (non-hydrogen) atoms. The Kier molecular flexibility index (Phi) is 4.93. The van der Waals surface area contributed by atoms with E-state index < -0.39 is 0 Å². The molecule has 0 aliphatic carbocycles. The summed E-state index contributed by atoms with van der Waals surface area (Å²) in [7, 11) is 0. The smallest absolute Gasteiger partial charge is 0.0722 e. The predicted octanol–water partition coefficient (Wildman–Crippen LogP) is 10.7. The van der Waals surface area contributed by atoms with Crippen molar-refractivity contribution in [2.24, 2.45) is 0 Å². The van der Waals surface area contributed by atoms with Gasteiger partial charge in [-0.25, -0.2) is 9.97 Å². The minimum atomic E-state index is 0.981. The second kappa shape index (κ2) is 8.95. The van der Waals surface area contributed by atoms with Gasteiger partial charge in [0, 0.05) is 21.9 Å². The fraction of sp³-hybridized carbons (Fsp3) is 0. The molecule has 0 unspecified atom stereocenters. The highest BCUT2D eigenvalue weighted by molar-refractivity contribution is 6.21. The average molecular weight is 533 g/mol. The van der Waals surface area contributed by atoms with Crippen molar-refractivity contribution in [2.75, 3.05) is 0 Å². The summed E-state index contributed by atoms with van der Waals surface area (Å²) in [6.07, 6.45) is 0. The fourth-order valence-corrected chi connectivity index (χ4v) is 6.58. The van der Waals surface area contributed by atoms with Crippen molar-refractivity contribution in [3.05, 3.63) is 146 Å². The van der Waals surface area contributed by atoms with Crippen LogP contribution in [0.4, 0.5) is 0 Å². The molecule has 9 aromatic rings. The fourth-order valence-electron chi connectivity index (χ4n) is 6.58. The highest BCUT2D eigenvalue weighted by Crippen LogP contribution is 2.43. The van der Waals surface area contributed by atoms with Crippen LogP contribution in [0.3, 0.4) is 0 Å². The van der Waals surface area contributed by atoms with Gasteiger partial charge in [-0.1, -0.05) is 109 Å². The third kappa shape index (κ3) is 3.52. The zero-order chi connectivity index (χ0) is 27.6. The number of pyridine rings is 2. The van der Waals surface area contributed by atoms with E-state index in [4.69, 9.17) is 9.97 Å². The number of nitrogens with zero attached hydrogens (tertiary/aromatic N) is 2. The maximum atomic E-state index is 5.25. The topological polar surface area (TPSA) is 25.8 Å². The summed E-state index contributed by atoms with van der Waals surface area (Å²) < 4.78 is 0. The van der Waals surface area contributed by atoms with Crippen LogP contribution in [0.2, 0.25) is 0 Å². The van der Waals surface area contributed by atoms with Crippen LogP contribution in [0.25, 0.3) is 87.4 Å². The summed E-state index contributed by atoms with van der Waals surface area (Å²) in [5, 5.41) is 11.9. The summed E-state index contributed by atoms with van der Waals surface area (Å²) in [5.74, 6) is 0. The normalized spacial score (nSPS) is 11.8. The van der Waals surface area contributed by atoms with Gasteiger partial charge in [0.2, 0.25) is 0 Å². The van der Waals surface area contributed by atoms with Crippen LogP contribution in [0.1, 0.15) is 0 Å². The van der Waals surface area contributed by atoms with E-state index >= 15 is 0 Å². The van der Waals surface area contributed by atoms with Crippen molar-refractivity contribution >= 4 is 64.9 Å². The van der Waals surface area contributed by atoms with Gasteiger partial charge in [-0.2, -0.15) is 0 Å². The summed E-state index contributed by atoms with van der Waals surface area (Å²) in [6.45, 7) is 0. The van der Waals surface area contributed by atoms with Crippen molar-refractivity contribution in [1.29, 1.82) is 0 Å². The number of benzene rings is 7. The van der Waals surface area contributed by atoms with Crippen LogP contribution in [-0.2, 0) is 0 Å². The van der Waals surface area contributed by atoms with E-state index in [-0.39, 0.29) is 0 Å². The van der Waals surface area contributed by atoms with Crippen molar-refractivity contribution in [3.8, 4) is 22.5 Å². The second-order valence-electron chi connectivity index (χ2n) is 11.0. The van der Waals surface area contributed by atoms with Crippen LogP contribution >= 0.6 is 0 Å². The monoisotopic (exact) mass is 532 g/mol. The summed E-state index contributed by atoms with van der Waals surface area (Å²) in [6, 6.07) is 52.0. The quantitative estimate of drug-likeness (QED) is 0.207. The maximum absolute atomic E-state index is 5.25. The average Bonchev–Trinajstić information content (AvgIpc) is 3.04. The number of rotatable bonds is 2. The van der Waals surface area contributed by atoms with Crippen molar-refractivity contribution in [2.45, 2.75) is 0 Å².